The van der Waals surface area contributed by atoms with E-state index in [4.69, 9.17) is 15.3 Å². The average molecular weight is 172 g/mol. The summed E-state index contributed by atoms with van der Waals surface area (Å²) in [6.07, 6.45) is 3.02. The lowest BCUT2D eigenvalue weighted by Gasteiger charge is -2.16. The highest BCUT2D eigenvalue weighted by atomic mass is 16.5. The van der Waals surface area contributed by atoms with E-state index >= 15 is 0 Å². The average Bonchev–Trinajstić information content (AvgIpc) is 2.59. The van der Waals surface area contributed by atoms with E-state index in [0.717, 1.165) is 18.8 Å². The summed E-state index contributed by atoms with van der Waals surface area (Å²) in [6.45, 7) is 3.99. The molecule has 4 heteroatoms. The Bertz CT molecular complexity index is 159. The van der Waals surface area contributed by atoms with Crippen molar-refractivity contribution in [2.45, 2.75) is 19.4 Å². The van der Waals surface area contributed by atoms with Gasteiger partial charge in [-0.2, -0.15) is 0 Å². The monoisotopic (exact) mass is 172 g/mol. The van der Waals surface area contributed by atoms with Gasteiger partial charge in [0.1, 0.15) is 11.8 Å². The molecule has 1 rings (SSSR count). The lowest BCUT2D eigenvalue weighted by molar-refractivity contribution is 0.108. The van der Waals surface area contributed by atoms with Crippen molar-refractivity contribution >= 4 is 0 Å². The molecule has 0 aromatic heterocycles. The van der Waals surface area contributed by atoms with Crippen molar-refractivity contribution in [1.82, 2.24) is 5.43 Å². The van der Waals surface area contributed by atoms with Crippen LogP contribution >= 0.6 is 0 Å². The van der Waals surface area contributed by atoms with E-state index in [1.54, 1.807) is 0 Å². The Labute approximate surface area is 72.7 Å². The number of ether oxygens (including phenoxy) is 2. The second-order valence-corrected chi connectivity index (χ2v) is 2.62. The van der Waals surface area contributed by atoms with Gasteiger partial charge in [0.15, 0.2) is 0 Å². The molecule has 1 atom stereocenters. The summed E-state index contributed by atoms with van der Waals surface area (Å²) in [7, 11) is 0. The van der Waals surface area contributed by atoms with Crippen LogP contribution < -0.4 is 11.3 Å². The van der Waals surface area contributed by atoms with Gasteiger partial charge in [-0.1, -0.05) is 0 Å². The molecule has 0 amide bonds. The number of nitrogens with two attached hydrogens (primary N) is 1. The Morgan fingerprint density at radius 2 is 2.67 bits per heavy atom. The predicted molar refractivity (Wildman–Crippen MR) is 46.3 cm³/mol. The Morgan fingerprint density at radius 3 is 3.17 bits per heavy atom. The minimum atomic E-state index is 0.00690. The molecule has 1 aliphatic rings. The first-order valence-corrected chi connectivity index (χ1v) is 4.25. The standard InChI is InChI=1S/C8H16N2O2/c1-2-11-6-7(10-9)8-4-3-5-12-8/h4,7,10H,2-3,5-6,9H2,1H3. The smallest absolute Gasteiger partial charge is 0.113 e. The molecule has 1 aliphatic heterocycles. The second kappa shape index (κ2) is 5.13. The van der Waals surface area contributed by atoms with Crippen LogP contribution in [0.3, 0.4) is 0 Å². The van der Waals surface area contributed by atoms with Gasteiger partial charge >= 0.3 is 0 Å². The van der Waals surface area contributed by atoms with E-state index in [1.807, 2.05) is 13.0 Å². The van der Waals surface area contributed by atoms with Crippen LogP contribution in [0.1, 0.15) is 13.3 Å². The maximum Gasteiger partial charge on any atom is 0.113 e. The van der Waals surface area contributed by atoms with Crippen molar-refractivity contribution < 1.29 is 9.47 Å². The quantitative estimate of drug-likeness (QED) is 0.458. The zero-order chi connectivity index (χ0) is 8.81. The third kappa shape index (κ3) is 2.48. The summed E-state index contributed by atoms with van der Waals surface area (Å²) in [5.41, 5.74) is 2.66. The number of hydrogen-bond acceptors (Lipinski definition) is 4. The summed E-state index contributed by atoms with van der Waals surface area (Å²) >= 11 is 0. The topological polar surface area (TPSA) is 56.5 Å². The Hall–Kier alpha value is -0.580. The maximum atomic E-state index is 5.34. The fraction of sp³-hybridized carbons (Fsp3) is 0.750. The van der Waals surface area contributed by atoms with E-state index in [9.17, 15) is 0 Å². The molecule has 12 heavy (non-hydrogen) atoms. The summed E-state index contributed by atoms with van der Waals surface area (Å²) in [4.78, 5) is 0. The highest BCUT2D eigenvalue weighted by Gasteiger charge is 2.16. The van der Waals surface area contributed by atoms with Gasteiger partial charge in [0.25, 0.3) is 0 Å². The van der Waals surface area contributed by atoms with Gasteiger partial charge in [-0.15, -0.1) is 0 Å². The van der Waals surface area contributed by atoms with E-state index in [1.165, 1.54) is 0 Å². The first kappa shape index (κ1) is 9.51. The molecule has 0 bridgehead atoms. The van der Waals surface area contributed by atoms with Gasteiger partial charge in [0.2, 0.25) is 0 Å². The molecule has 1 unspecified atom stereocenters. The van der Waals surface area contributed by atoms with Crippen molar-refractivity contribution in [2.24, 2.45) is 5.84 Å². The molecule has 0 radical (unpaired) electrons. The highest BCUT2D eigenvalue weighted by Crippen LogP contribution is 2.12. The first-order chi connectivity index (χ1) is 5.88. The van der Waals surface area contributed by atoms with Gasteiger partial charge in [-0.3, -0.25) is 5.84 Å². The van der Waals surface area contributed by atoms with Crippen molar-refractivity contribution in [3.05, 3.63) is 11.8 Å². The highest BCUT2D eigenvalue weighted by molar-refractivity contribution is 5.06. The van der Waals surface area contributed by atoms with Gasteiger partial charge in [-0.25, -0.2) is 5.43 Å². The zero-order valence-electron chi connectivity index (χ0n) is 7.38. The molecule has 0 spiro atoms. The molecule has 4 nitrogen and oxygen atoms in total. The summed E-state index contributed by atoms with van der Waals surface area (Å²) in [5.74, 6) is 6.25. The largest absolute Gasteiger partial charge is 0.496 e. The van der Waals surface area contributed by atoms with Crippen LogP contribution in [0.25, 0.3) is 0 Å². The normalized spacial score (nSPS) is 18.7. The molecule has 0 aromatic rings. The molecule has 1 heterocycles. The van der Waals surface area contributed by atoms with Gasteiger partial charge in [-0.05, 0) is 13.0 Å². The summed E-state index contributed by atoms with van der Waals surface area (Å²) < 4.78 is 10.6. The van der Waals surface area contributed by atoms with Crippen molar-refractivity contribution in [3.63, 3.8) is 0 Å². The zero-order valence-corrected chi connectivity index (χ0v) is 7.38. The maximum absolute atomic E-state index is 5.34. The molecule has 0 aromatic carbocycles. The molecule has 3 N–H and O–H groups in total. The van der Waals surface area contributed by atoms with Gasteiger partial charge in [0, 0.05) is 13.0 Å². The Kier molecular flexibility index (Phi) is 4.07. The lowest BCUT2D eigenvalue weighted by atomic mass is 10.2. The van der Waals surface area contributed by atoms with Crippen LogP contribution in [0.5, 0.6) is 0 Å². The van der Waals surface area contributed by atoms with Crippen LogP contribution in [-0.2, 0) is 9.47 Å². The lowest BCUT2D eigenvalue weighted by Crippen LogP contribution is -2.40. The molecular weight excluding hydrogens is 156 g/mol. The number of nitrogens with one attached hydrogen (secondary N) is 1. The summed E-state index contributed by atoms with van der Waals surface area (Å²) in [6, 6.07) is 0.00690. The van der Waals surface area contributed by atoms with Crippen molar-refractivity contribution in [1.29, 1.82) is 0 Å². The fourth-order valence-corrected chi connectivity index (χ4v) is 1.13. The number of hydrogen-bond donors (Lipinski definition) is 2. The van der Waals surface area contributed by atoms with Gasteiger partial charge < -0.3 is 9.47 Å². The van der Waals surface area contributed by atoms with E-state index in [2.05, 4.69) is 5.43 Å². The van der Waals surface area contributed by atoms with Crippen molar-refractivity contribution in [3.8, 4) is 0 Å². The van der Waals surface area contributed by atoms with Gasteiger partial charge in [0.05, 0.1) is 13.2 Å². The third-order valence-electron chi connectivity index (χ3n) is 1.77. The van der Waals surface area contributed by atoms with Crippen LogP contribution in [0, 0.1) is 0 Å². The predicted octanol–water partition coefficient (Wildman–Crippen LogP) is 0.159. The third-order valence-corrected chi connectivity index (χ3v) is 1.77. The van der Waals surface area contributed by atoms with Crippen LogP contribution in [0.15, 0.2) is 11.8 Å². The fourth-order valence-electron chi connectivity index (χ4n) is 1.13. The van der Waals surface area contributed by atoms with Crippen LogP contribution in [-0.4, -0.2) is 25.9 Å². The number of rotatable bonds is 5. The minimum absolute atomic E-state index is 0.00690. The molecular formula is C8H16N2O2. The SMILES string of the molecule is CCOCC(NN)C1=CCCO1. The Morgan fingerprint density at radius 1 is 1.83 bits per heavy atom. The molecule has 0 saturated carbocycles. The summed E-state index contributed by atoms with van der Waals surface area (Å²) in [5, 5.41) is 0. The molecule has 0 aliphatic carbocycles. The van der Waals surface area contributed by atoms with E-state index in [0.29, 0.717) is 13.2 Å². The molecule has 0 fully saturated rings. The van der Waals surface area contributed by atoms with Crippen molar-refractivity contribution in [2.75, 3.05) is 19.8 Å². The first-order valence-electron chi connectivity index (χ1n) is 4.25. The molecule has 0 saturated heterocycles. The Balaban J connectivity index is 2.33. The second-order valence-electron chi connectivity index (χ2n) is 2.62. The number of hydrazine groups is 1. The minimum Gasteiger partial charge on any atom is -0.496 e. The molecule has 70 valence electrons. The van der Waals surface area contributed by atoms with E-state index in [-0.39, 0.29) is 6.04 Å². The van der Waals surface area contributed by atoms with Crippen LogP contribution in [0.2, 0.25) is 0 Å². The van der Waals surface area contributed by atoms with Crippen LogP contribution in [0.4, 0.5) is 0 Å². The van der Waals surface area contributed by atoms with E-state index < -0.39 is 0 Å².